The van der Waals surface area contributed by atoms with E-state index in [0.29, 0.717) is 0 Å². The molecule has 4 heteroatoms. The maximum Gasteiger partial charge on any atom is 0 e. The average Bonchev–Trinajstić information content (AvgIpc) is 0. The van der Waals surface area contributed by atoms with Crippen LogP contribution in [0, 0.1) is 0 Å². The molecule has 0 amide bonds. The Hall–Kier alpha value is 4.49. The summed E-state index contributed by atoms with van der Waals surface area (Å²) in [7, 11) is 0. The zero-order valence-corrected chi connectivity index (χ0v) is 2.06. The van der Waals surface area contributed by atoms with E-state index in [-0.39, 0.29) is 135 Å². The molecule has 0 aliphatic rings. The summed E-state index contributed by atoms with van der Waals surface area (Å²) >= 11 is 0. The molecule has 0 aliphatic carbocycles. The molecule has 0 spiro atoms. The van der Waals surface area contributed by atoms with Crippen LogP contribution in [0.2, 0.25) is 0 Å². The molecule has 16 valence electrons. The van der Waals surface area contributed by atoms with Gasteiger partial charge in [-0.3, -0.25) is 0 Å². The molecule has 0 saturated heterocycles. The predicted octanol–water partition coefficient (Wildman–Crippen LogP) is -2.75. The molecule has 0 heterocycles. The van der Waals surface area contributed by atoms with Gasteiger partial charge in [0.25, 0.3) is 0 Å². The van der Waals surface area contributed by atoms with Crippen LogP contribution in [0.1, 0.15) is 0 Å². The molecule has 0 nitrogen and oxygen atoms in total. The summed E-state index contributed by atoms with van der Waals surface area (Å²) in [6.07, 6.45) is 0. The average molecular weight is 174 g/mol. The van der Waals surface area contributed by atoms with Crippen LogP contribution in [0.3, 0.4) is 0 Å². The molecule has 0 saturated carbocycles. The van der Waals surface area contributed by atoms with Crippen molar-refractivity contribution in [2.75, 3.05) is 0 Å². The first-order valence-electron chi connectivity index (χ1n) is 0. The molecule has 0 fully saturated rings. The summed E-state index contributed by atoms with van der Waals surface area (Å²) in [5.74, 6) is 0. The van der Waals surface area contributed by atoms with E-state index < -0.39 is 0 Å². The van der Waals surface area contributed by atoms with Crippen molar-refractivity contribution in [3.05, 3.63) is 0 Å². The van der Waals surface area contributed by atoms with Crippen LogP contribution in [-0.4, -0.2) is 113 Å². The molecule has 0 unspecified atom stereocenters. The van der Waals surface area contributed by atoms with E-state index in [1.165, 1.54) is 0 Å². The van der Waals surface area contributed by atoms with Crippen molar-refractivity contribution >= 4 is 113 Å². The first-order chi connectivity index (χ1) is 0. The molecule has 0 radical (unpaired) electrons. The zero-order chi connectivity index (χ0) is 0. The smallest absolute Gasteiger partial charge is 0 e. The van der Waals surface area contributed by atoms with Crippen LogP contribution in [0.15, 0.2) is 0 Å². The maximum atomic E-state index is 0. The minimum Gasteiger partial charge on any atom is 0 e. The van der Waals surface area contributed by atoms with Crippen LogP contribution < -0.4 is 0 Å². The van der Waals surface area contributed by atoms with Crippen LogP contribution in [0.4, 0.5) is 0 Å². The maximum absolute atomic E-state index is 0. The van der Waals surface area contributed by atoms with Gasteiger partial charge in [-0.1, -0.05) is 0 Å². The van der Waals surface area contributed by atoms with Gasteiger partial charge in [-0.05, 0) is 0 Å². The Balaban J connectivity index is 0. The Labute approximate surface area is 131 Å². The molecule has 4 heavy (non-hydrogen) atoms. The third kappa shape index (κ3) is 9.71. The van der Waals surface area contributed by atoms with E-state index in [2.05, 4.69) is 0 Å². The van der Waals surface area contributed by atoms with E-state index in [0.717, 1.165) is 0 Å². The van der Waals surface area contributed by atoms with E-state index in [1.54, 1.807) is 0 Å². The van der Waals surface area contributed by atoms with Crippen LogP contribution in [0.5, 0.6) is 0 Å². The molecule has 0 aromatic heterocycles. The van der Waals surface area contributed by atoms with Gasteiger partial charge in [0.1, 0.15) is 0 Å². The SMILES string of the molecule is [CaH2].[CaH2].[CaH2].[Ti]. The molecular weight excluding hydrogens is 168 g/mol. The standard InChI is InChI=1S/3Ca.Ti.6H. The van der Waals surface area contributed by atoms with E-state index in [1.807, 2.05) is 0 Å². The number of hydrogen-bond acceptors (Lipinski definition) is 0. The minimum absolute atomic E-state index is 0. The van der Waals surface area contributed by atoms with Gasteiger partial charge in [-0.25, -0.2) is 0 Å². The van der Waals surface area contributed by atoms with Crippen molar-refractivity contribution in [1.82, 2.24) is 0 Å². The van der Waals surface area contributed by atoms with Gasteiger partial charge in [0.2, 0.25) is 0 Å². The van der Waals surface area contributed by atoms with Gasteiger partial charge in [0, 0.05) is 21.7 Å². The second-order valence-electron chi connectivity index (χ2n) is 0. The fourth-order valence-corrected chi connectivity index (χ4v) is 0. The molecule has 0 bridgehead atoms. The fraction of sp³-hybridized carbons (Fsp3) is 0. The summed E-state index contributed by atoms with van der Waals surface area (Å²) < 4.78 is 0. The number of rotatable bonds is 0. The van der Waals surface area contributed by atoms with Gasteiger partial charge in [-0.2, -0.15) is 0 Å². The van der Waals surface area contributed by atoms with Crippen molar-refractivity contribution in [3.63, 3.8) is 0 Å². The quantitative estimate of drug-likeness (QED) is 0.349. The van der Waals surface area contributed by atoms with Gasteiger partial charge < -0.3 is 0 Å². The summed E-state index contributed by atoms with van der Waals surface area (Å²) in [5.41, 5.74) is 0. The summed E-state index contributed by atoms with van der Waals surface area (Å²) in [4.78, 5) is 0. The van der Waals surface area contributed by atoms with Gasteiger partial charge in [0.15, 0.2) is 0 Å². The first-order valence-corrected chi connectivity index (χ1v) is 0. The van der Waals surface area contributed by atoms with Gasteiger partial charge in [0.05, 0.1) is 0 Å². The largest absolute Gasteiger partial charge is 0 e. The van der Waals surface area contributed by atoms with E-state index in [9.17, 15) is 0 Å². The molecule has 0 aromatic carbocycles. The molecule has 0 atom stereocenters. The van der Waals surface area contributed by atoms with Crippen molar-refractivity contribution < 1.29 is 21.7 Å². The van der Waals surface area contributed by atoms with Crippen LogP contribution in [0.25, 0.3) is 0 Å². The Morgan fingerprint density at radius 2 is 0.500 bits per heavy atom. The fourth-order valence-electron chi connectivity index (χ4n) is 0. The Kier molecular flexibility index (Phi) is 92.4. The number of hydrogen-bond donors (Lipinski definition) is 0. The van der Waals surface area contributed by atoms with Gasteiger partial charge >= 0.3 is 113 Å². The van der Waals surface area contributed by atoms with Gasteiger partial charge in [-0.15, -0.1) is 0 Å². The van der Waals surface area contributed by atoms with Crippen molar-refractivity contribution in [2.24, 2.45) is 0 Å². The third-order valence-corrected chi connectivity index (χ3v) is 0. The summed E-state index contributed by atoms with van der Waals surface area (Å²) in [6.45, 7) is 0. The molecule has 0 N–H and O–H groups in total. The van der Waals surface area contributed by atoms with E-state index >= 15 is 0 Å². The van der Waals surface area contributed by atoms with Crippen molar-refractivity contribution in [2.45, 2.75) is 0 Å². The summed E-state index contributed by atoms with van der Waals surface area (Å²) in [6, 6.07) is 0. The second-order valence-corrected chi connectivity index (χ2v) is 0. The normalized spacial score (nSPS) is 0. The Bertz CT molecular complexity index is 3.25. The third-order valence-electron chi connectivity index (χ3n) is 0. The summed E-state index contributed by atoms with van der Waals surface area (Å²) in [5, 5.41) is 0. The predicted molar refractivity (Wildman–Crippen MR) is 25.6 cm³/mol. The van der Waals surface area contributed by atoms with Crippen molar-refractivity contribution in [1.29, 1.82) is 0 Å². The molecule has 0 aliphatic heterocycles. The minimum atomic E-state index is 0. The second kappa shape index (κ2) is 15.6. The first kappa shape index (κ1) is 23.6. The molecule has 0 rings (SSSR count). The Morgan fingerprint density at radius 3 is 0.500 bits per heavy atom. The monoisotopic (exact) mass is 174 g/mol. The van der Waals surface area contributed by atoms with E-state index in [4.69, 9.17) is 0 Å². The molecular formula is H6Ca3Ti. The van der Waals surface area contributed by atoms with Crippen LogP contribution in [-0.2, 0) is 21.7 Å². The Morgan fingerprint density at radius 1 is 0.500 bits per heavy atom. The van der Waals surface area contributed by atoms with Crippen molar-refractivity contribution in [3.8, 4) is 0 Å². The molecule has 0 aromatic rings. The zero-order valence-electron chi connectivity index (χ0n) is 0.500. The van der Waals surface area contributed by atoms with Crippen LogP contribution >= 0.6 is 0 Å². The topological polar surface area (TPSA) is 0 Å².